The number of hydrogen-bond donors (Lipinski definition) is 2. The molecule has 0 spiro atoms. The van der Waals surface area contributed by atoms with Crippen molar-refractivity contribution in [3.05, 3.63) is 76.0 Å². The molecule has 0 saturated carbocycles. The molecule has 0 radical (unpaired) electrons. The second-order valence-corrected chi connectivity index (χ2v) is 6.80. The smallest absolute Gasteiger partial charge is 0.291 e. The normalized spacial score (nSPS) is 10.9. The summed E-state index contributed by atoms with van der Waals surface area (Å²) in [5, 5.41) is 18.0. The second kappa shape index (κ2) is 9.18. The number of nitrogens with zero attached hydrogens (tertiary/aromatic N) is 3. The van der Waals surface area contributed by atoms with Gasteiger partial charge in [-0.2, -0.15) is 10.2 Å². The van der Waals surface area contributed by atoms with E-state index in [4.69, 9.17) is 4.74 Å². The molecule has 8 heteroatoms. The number of aromatic nitrogens is 2. The average molecular weight is 443 g/mol. The summed E-state index contributed by atoms with van der Waals surface area (Å²) in [6.07, 6.45) is 3.18. The zero-order valence-corrected chi connectivity index (χ0v) is 16.8. The van der Waals surface area contributed by atoms with E-state index in [1.807, 2.05) is 31.2 Å². The van der Waals surface area contributed by atoms with Crippen LogP contribution >= 0.6 is 15.9 Å². The molecule has 144 valence electrons. The highest BCUT2D eigenvalue weighted by Gasteiger charge is 2.09. The van der Waals surface area contributed by atoms with E-state index in [9.17, 15) is 9.90 Å². The van der Waals surface area contributed by atoms with Crippen molar-refractivity contribution in [1.29, 1.82) is 0 Å². The summed E-state index contributed by atoms with van der Waals surface area (Å²) in [6.45, 7) is 2.87. The molecule has 0 saturated heterocycles. The Kier molecular flexibility index (Phi) is 6.44. The van der Waals surface area contributed by atoms with Crippen LogP contribution in [0.5, 0.6) is 11.5 Å². The highest BCUT2D eigenvalue weighted by Crippen LogP contribution is 2.26. The van der Waals surface area contributed by atoms with Crippen molar-refractivity contribution >= 4 is 28.1 Å². The van der Waals surface area contributed by atoms with Crippen LogP contribution < -0.4 is 10.2 Å². The number of ether oxygens (including phenoxy) is 1. The molecule has 0 bridgehead atoms. The molecule has 2 aromatic carbocycles. The van der Waals surface area contributed by atoms with Crippen molar-refractivity contribution in [2.45, 2.75) is 13.5 Å². The average Bonchev–Trinajstić information content (AvgIpc) is 3.14. The molecule has 0 aliphatic carbocycles. The summed E-state index contributed by atoms with van der Waals surface area (Å²) in [5.41, 5.74) is 4.40. The monoisotopic (exact) mass is 442 g/mol. The minimum Gasteiger partial charge on any atom is -0.504 e. The maximum Gasteiger partial charge on any atom is 0.291 e. The second-order valence-electron chi connectivity index (χ2n) is 5.88. The lowest BCUT2D eigenvalue weighted by Gasteiger charge is -2.05. The van der Waals surface area contributed by atoms with Gasteiger partial charge in [-0.05, 0) is 54.4 Å². The first-order valence-corrected chi connectivity index (χ1v) is 9.41. The van der Waals surface area contributed by atoms with Crippen molar-refractivity contribution in [1.82, 2.24) is 15.2 Å². The largest absolute Gasteiger partial charge is 0.504 e. The number of aromatic hydroxyl groups is 1. The maximum absolute atomic E-state index is 12.2. The standard InChI is InChI=1S/C20H19BrN4O3/c1-2-28-19-8-5-15(11-18(19)26)12-22-23-20(27)17-9-10-25(24-17)13-14-3-6-16(21)7-4-14/h3-12,26H,2,13H2,1H3,(H,23,27). The highest BCUT2D eigenvalue weighted by atomic mass is 79.9. The molecule has 0 unspecified atom stereocenters. The fourth-order valence-corrected chi connectivity index (χ4v) is 2.73. The number of benzene rings is 2. The molecule has 3 aromatic rings. The van der Waals surface area contributed by atoms with Gasteiger partial charge in [0.25, 0.3) is 5.91 Å². The molecule has 0 atom stereocenters. The molecular formula is C20H19BrN4O3. The van der Waals surface area contributed by atoms with E-state index >= 15 is 0 Å². The Morgan fingerprint density at radius 1 is 1.29 bits per heavy atom. The summed E-state index contributed by atoms with van der Waals surface area (Å²) < 4.78 is 7.96. The van der Waals surface area contributed by atoms with Gasteiger partial charge in [-0.25, -0.2) is 5.43 Å². The quantitative estimate of drug-likeness (QED) is 0.432. The first-order valence-electron chi connectivity index (χ1n) is 8.62. The molecule has 0 fully saturated rings. The fourth-order valence-electron chi connectivity index (χ4n) is 2.46. The van der Waals surface area contributed by atoms with Gasteiger partial charge in [0.2, 0.25) is 0 Å². The van der Waals surface area contributed by atoms with E-state index in [0.717, 1.165) is 10.0 Å². The number of hydrazone groups is 1. The summed E-state index contributed by atoms with van der Waals surface area (Å²) in [4.78, 5) is 12.2. The van der Waals surface area contributed by atoms with Gasteiger partial charge in [0.05, 0.1) is 19.4 Å². The van der Waals surface area contributed by atoms with E-state index in [1.54, 1.807) is 29.1 Å². The molecule has 0 aliphatic heterocycles. The molecule has 2 N–H and O–H groups in total. The predicted octanol–water partition coefficient (Wildman–Crippen LogP) is 3.56. The molecular weight excluding hydrogens is 424 g/mol. The predicted molar refractivity (Wildman–Crippen MR) is 110 cm³/mol. The van der Waals surface area contributed by atoms with E-state index < -0.39 is 5.91 Å². The lowest BCUT2D eigenvalue weighted by atomic mass is 10.2. The van der Waals surface area contributed by atoms with Crippen molar-refractivity contribution < 1.29 is 14.6 Å². The molecule has 1 aromatic heterocycles. The first-order chi connectivity index (χ1) is 13.5. The number of phenolic OH excluding ortho intramolecular Hbond substituents is 1. The zero-order chi connectivity index (χ0) is 19.9. The van der Waals surface area contributed by atoms with Gasteiger partial charge in [0.1, 0.15) is 0 Å². The number of nitrogens with one attached hydrogen (secondary N) is 1. The number of halogens is 1. The zero-order valence-electron chi connectivity index (χ0n) is 15.2. The van der Waals surface area contributed by atoms with Crippen LogP contribution in [0, 0.1) is 0 Å². The topological polar surface area (TPSA) is 88.7 Å². The van der Waals surface area contributed by atoms with E-state index in [1.165, 1.54) is 12.3 Å². The van der Waals surface area contributed by atoms with Gasteiger partial charge in [-0.1, -0.05) is 28.1 Å². The Bertz CT molecular complexity index is 983. The van der Waals surface area contributed by atoms with Crippen molar-refractivity contribution in [3.8, 4) is 11.5 Å². The number of hydrogen-bond acceptors (Lipinski definition) is 5. The van der Waals surface area contributed by atoms with Gasteiger partial charge >= 0.3 is 0 Å². The third kappa shape index (κ3) is 5.20. The summed E-state index contributed by atoms with van der Waals surface area (Å²) in [5.74, 6) is 0.00442. The van der Waals surface area contributed by atoms with Gasteiger partial charge < -0.3 is 9.84 Å². The molecule has 3 rings (SSSR count). The summed E-state index contributed by atoms with van der Waals surface area (Å²) >= 11 is 3.40. The van der Waals surface area contributed by atoms with Crippen LogP contribution in [0.1, 0.15) is 28.5 Å². The van der Waals surface area contributed by atoms with E-state index in [0.29, 0.717) is 24.5 Å². The third-order valence-corrected chi connectivity index (χ3v) is 4.32. The fraction of sp³-hybridized carbons (Fsp3) is 0.150. The molecule has 0 aliphatic rings. The summed E-state index contributed by atoms with van der Waals surface area (Å²) in [6, 6.07) is 14.4. The van der Waals surface area contributed by atoms with E-state index in [2.05, 4.69) is 31.6 Å². The van der Waals surface area contributed by atoms with Crippen molar-refractivity contribution in [2.75, 3.05) is 6.61 Å². The number of phenols is 1. The molecule has 1 amide bonds. The van der Waals surface area contributed by atoms with Crippen LogP contribution in [0.2, 0.25) is 0 Å². The Hall–Kier alpha value is -3.13. The van der Waals surface area contributed by atoms with E-state index in [-0.39, 0.29) is 11.4 Å². The Balaban J connectivity index is 1.57. The lowest BCUT2D eigenvalue weighted by Crippen LogP contribution is -2.18. The first kappa shape index (κ1) is 19.6. The van der Waals surface area contributed by atoms with Crippen LogP contribution in [0.15, 0.2) is 64.3 Å². The minimum atomic E-state index is -0.416. The van der Waals surface area contributed by atoms with Crippen LogP contribution in [0.3, 0.4) is 0 Å². The van der Waals surface area contributed by atoms with Gasteiger partial charge in [0.15, 0.2) is 17.2 Å². The Morgan fingerprint density at radius 2 is 2.07 bits per heavy atom. The maximum atomic E-state index is 12.2. The number of carbonyl (C=O) groups is 1. The van der Waals surface area contributed by atoms with Crippen molar-refractivity contribution in [2.24, 2.45) is 5.10 Å². The Labute approximate surface area is 170 Å². The van der Waals surface area contributed by atoms with Crippen LogP contribution in [-0.2, 0) is 6.54 Å². The molecule has 28 heavy (non-hydrogen) atoms. The number of amides is 1. The number of rotatable bonds is 7. The molecule has 1 heterocycles. The van der Waals surface area contributed by atoms with Crippen LogP contribution in [0.4, 0.5) is 0 Å². The van der Waals surface area contributed by atoms with Gasteiger partial charge in [-0.3, -0.25) is 9.48 Å². The number of carbonyl (C=O) groups excluding carboxylic acids is 1. The lowest BCUT2D eigenvalue weighted by molar-refractivity contribution is 0.0949. The highest BCUT2D eigenvalue weighted by molar-refractivity contribution is 9.10. The molecule has 7 nitrogen and oxygen atoms in total. The van der Waals surface area contributed by atoms with Crippen LogP contribution in [-0.4, -0.2) is 33.6 Å². The van der Waals surface area contributed by atoms with Crippen molar-refractivity contribution in [3.63, 3.8) is 0 Å². The minimum absolute atomic E-state index is 0.0174. The van der Waals surface area contributed by atoms with Gasteiger partial charge in [-0.15, -0.1) is 0 Å². The summed E-state index contributed by atoms with van der Waals surface area (Å²) in [7, 11) is 0. The van der Waals surface area contributed by atoms with Crippen LogP contribution in [0.25, 0.3) is 0 Å². The third-order valence-electron chi connectivity index (χ3n) is 3.79. The van der Waals surface area contributed by atoms with Gasteiger partial charge in [0, 0.05) is 10.7 Å². The SMILES string of the molecule is CCOc1ccc(C=NNC(=O)c2ccn(Cc3ccc(Br)cc3)n2)cc1O. The Morgan fingerprint density at radius 3 is 2.79 bits per heavy atom.